The van der Waals surface area contributed by atoms with Crippen molar-refractivity contribution in [3.63, 3.8) is 0 Å². The summed E-state index contributed by atoms with van der Waals surface area (Å²) in [6, 6.07) is 0.490. The van der Waals surface area contributed by atoms with Crippen LogP contribution in [0, 0.1) is 23.2 Å². The highest BCUT2D eigenvalue weighted by Gasteiger charge is 2.70. The molecule has 6 aliphatic rings. The summed E-state index contributed by atoms with van der Waals surface area (Å²) in [5.74, 6) is 2.42. The van der Waals surface area contributed by atoms with Crippen LogP contribution in [0.1, 0.15) is 75.6 Å². The molecule has 5 heteroatoms. The van der Waals surface area contributed by atoms with Crippen molar-refractivity contribution in [2.75, 3.05) is 20.2 Å². The fourth-order valence-electron chi connectivity index (χ4n) is 8.74. The second-order valence-corrected chi connectivity index (χ2v) is 13.6. The van der Waals surface area contributed by atoms with Crippen molar-refractivity contribution in [3.8, 4) is 11.5 Å². The second-order valence-electron chi connectivity index (χ2n) is 13.6. The molecule has 186 valence electrons. The molecule has 0 radical (unpaired) electrons. The minimum atomic E-state index is -0.893. The van der Waals surface area contributed by atoms with Crippen LogP contribution in [-0.2, 0) is 29.4 Å². The van der Waals surface area contributed by atoms with E-state index in [1.54, 1.807) is 7.11 Å². The Balaban J connectivity index is 1.42. The molecule has 5 nitrogen and oxygen atoms in total. The number of nitrogens with zero attached hydrogens (tertiary/aromatic N) is 1. The third-order valence-electron chi connectivity index (χ3n) is 11.3. The van der Waals surface area contributed by atoms with Crippen molar-refractivity contribution >= 4 is 0 Å². The number of piperidine rings is 1. The van der Waals surface area contributed by atoms with Gasteiger partial charge in [-0.3, -0.25) is 4.90 Å². The van der Waals surface area contributed by atoms with Gasteiger partial charge >= 0.3 is 0 Å². The minimum Gasteiger partial charge on any atom is -0.504 e. The maximum Gasteiger partial charge on any atom is 0.166 e. The zero-order chi connectivity index (χ0) is 23.8. The van der Waals surface area contributed by atoms with Gasteiger partial charge in [0.25, 0.3) is 0 Å². The zero-order valence-electron chi connectivity index (χ0n) is 21.5. The zero-order valence-corrected chi connectivity index (χ0v) is 21.5. The summed E-state index contributed by atoms with van der Waals surface area (Å²) in [5, 5.41) is 23.3. The molecule has 1 spiro atoms. The van der Waals surface area contributed by atoms with Gasteiger partial charge in [0.15, 0.2) is 11.5 Å². The number of hydrogen-bond acceptors (Lipinski definition) is 5. The van der Waals surface area contributed by atoms with Crippen LogP contribution < -0.4 is 4.74 Å². The topological polar surface area (TPSA) is 62.2 Å². The summed E-state index contributed by atoms with van der Waals surface area (Å²) in [5.41, 5.74) is 4.08. The van der Waals surface area contributed by atoms with Gasteiger partial charge in [0.1, 0.15) is 12.2 Å². The number of benzene rings is 1. The number of ether oxygens (including phenoxy) is 2. The largest absolute Gasteiger partial charge is 0.504 e. The van der Waals surface area contributed by atoms with Crippen molar-refractivity contribution in [1.29, 1.82) is 0 Å². The van der Waals surface area contributed by atoms with Crippen LogP contribution in [0.15, 0.2) is 0 Å². The Morgan fingerprint density at radius 1 is 1.12 bits per heavy atom. The van der Waals surface area contributed by atoms with E-state index >= 15 is 0 Å². The fourth-order valence-corrected chi connectivity index (χ4v) is 8.74. The number of aliphatic hydroxyl groups is 1. The predicted octanol–water partition coefficient (Wildman–Crippen LogP) is 3.98. The van der Waals surface area contributed by atoms with Crippen LogP contribution in [0.5, 0.6) is 11.5 Å². The van der Waals surface area contributed by atoms with Gasteiger partial charge in [0, 0.05) is 42.2 Å². The van der Waals surface area contributed by atoms with E-state index in [-0.39, 0.29) is 29.0 Å². The normalized spacial score (nSPS) is 39.5. The van der Waals surface area contributed by atoms with Crippen molar-refractivity contribution in [1.82, 2.24) is 4.90 Å². The lowest BCUT2D eigenvalue weighted by molar-refractivity contribution is -0.206. The van der Waals surface area contributed by atoms with Crippen LogP contribution in [0.4, 0.5) is 0 Å². The number of aromatic hydroxyl groups is 1. The van der Waals surface area contributed by atoms with E-state index in [2.05, 4.69) is 25.7 Å². The van der Waals surface area contributed by atoms with Crippen LogP contribution in [0.3, 0.4) is 0 Å². The number of likely N-dealkylation sites (tertiary alicyclic amines) is 1. The molecule has 2 saturated carbocycles. The molecule has 3 fully saturated rings. The van der Waals surface area contributed by atoms with E-state index in [4.69, 9.17) is 9.47 Å². The molecular formula is C29H41NO4. The van der Waals surface area contributed by atoms with Crippen molar-refractivity contribution in [2.24, 2.45) is 23.2 Å². The first-order valence-electron chi connectivity index (χ1n) is 13.7. The molecular weight excluding hydrogens is 426 g/mol. The quantitative estimate of drug-likeness (QED) is 0.702. The maximum atomic E-state index is 12.0. The van der Waals surface area contributed by atoms with Gasteiger partial charge in [-0.2, -0.15) is 0 Å². The van der Waals surface area contributed by atoms with Crippen LogP contribution >= 0.6 is 0 Å². The molecule has 0 aromatic heterocycles. The fraction of sp³-hybridized carbons (Fsp3) is 0.793. The van der Waals surface area contributed by atoms with Gasteiger partial charge in [-0.15, -0.1) is 0 Å². The highest BCUT2D eigenvalue weighted by Crippen LogP contribution is 2.68. The third-order valence-corrected chi connectivity index (χ3v) is 11.3. The molecule has 1 saturated heterocycles. The molecule has 34 heavy (non-hydrogen) atoms. The van der Waals surface area contributed by atoms with Crippen molar-refractivity contribution in [2.45, 2.75) is 102 Å². The summed E-state index contributed by atoms with van der Waals surface area (Å²) in [6.07, 6.45) is 7.53. The van der Waals surface area contributed by atoms with Gasteiger partial charge < -0.3 is 19.7 Å². The van der Waals surface area contributed by atoms with Gasteiger partial charge in [0.05, 0.1) is 5.60 Å². The van der Waals surface area contributed by atoms with E-state index < -0.39 is 5.60 Å². The standard InChI is InChI=1S/C29H41NO4/c1-27(2,3)28(4,32)20-13-19-21-12-18-16-8-9-17(16)23(31)25-22(18)29(19,26(34-25)24(20)33-5)10-11-30(21)14-15-6-7-15/h15,19-21,24,26,31-32H,6-14H2,1-5H3/t19-,20+,21-,24+,26+,28+,29+/m1/s1. The molecule has 2 N–H and O–H groups in total. The Labute approximate surface area is 203 Å². The molecule has 1 aromatic rings. The predicted molar refractivity (Wildman–Crippen MR) is 130 cm³/mol. The number of rotatable bonds is 4. The molecule has 2 bridgehead atoms. The van der Waals surface area contributed by atoms with Crippen LogP contribution in [0.25, 0.3) is 0 Å². The first-order chi connectivity index (χ1) is 16.1. The molecule has 7 rings (SSSR count). The lowest BCUT2D eigenvalue weighted by Crippen LogP contribution is -2.71. The first kappa shape index (κ1) is 21.9. The molecule has 4 aliphatic carbocycles. The lowest BCUT2D eigenvalue weighted by Gasteiger charge is -2.63. The second kappa shape index (κ2) is 6.72. The lowest BCUT2D eigenvalue weighted by atomic mass is 9.46. The third kappa shape index (κ3) is 2.52. The molecule has 0 amide bonds. The van der Waals surface area contributed by atoms with E-state index in [0.29, 0.717) is 17.7 Å². The number of fused-ring (bicyclic) bond motifs is 2. The summed E-state index contributed by atoms with van der Waals surface area (Å²) in [4.78, 5) is 2.81. The van der Waals surface area contributed by atoms with Crippen molar-refractivity contribution < 1.29 is 19.7 Å². The average molecular weight is 468 g/mol. The Morgan fingerprint density at radius 3 is 2.47 bits per heavy atom. The Morgan fingerprint density at radius 2 is 1.85 bits per heavy atom. The number of methoxy groups -OCH3 is 1. The van der Waals surface area contributed by atoms with Gasteiger partial charge in [0.2, 0.25) is 0 Å². The molecule has 2 heterocycles. The number of phenols is 1. The molecule has 1 aromatic carbocycles. The number of hydrogen-bond donors (Lipinski definition) is 2. The average Bonchev–Trinajstić information content (AvgIpc) is 3.49. The summed E-state index contributed by atoms with van der Waals surface area (Å²) in [7, 11) is 1.79. The van der Waals surface area contributed by atoms with E-state index in [1.807, 2.05) is 6.92 Å². The van der Waals surface area contributed by atoms with E-state index in [9.17, 15) is 10.2 Å². The molecule has 0 unspecified atom stereocenters. The van der Waals surface area contributed by atoms with E-state index in [1.165, 1.54) is 36.1 Å². The Bertz CT molecular complexity index is 1050. The molecule has 2 aliphatic heterocycles. The first-order valence-corrected chi connectivity index (χ1v) is 13.7. The van der Waals surface area contributed by atoms with Crippen LogP contribution in [0.2, 0.25) is 0 Å². The number of phenolic OH excluding ortho intramolecular Hbond substituents is 1. The highest BCUT2D eigenvalue weighted by molar-refractivity contribution is 5.69. The van der Waals surface area contributed by atoms with Crippen LogP contribution in [-0.4, -0.2) is 59.2 Å². The van der Waals surface area contributed by atoms with E-state index in [0.717, 1.165) is 55.9 Å². The Hall–Kier alpha value is -1.30. The summed E-state index contributed by atoms with van der Waals surface area (Å²) < 4.78 is 13.1. The summed E-state index contributed by atoms with van der Waals surface area (Å²) in [6.45, 7) is 10.8. The smallest absolute Gasteiger partial charge is 0.166 e. The monoisotopic (exact) mass is 467 g/mol. The van der Waals surface area contributed by atoms with Gasteiger partial charge in [-0.25, -0.2) is 0 Å². The maximum absolute atomic E-state index is 12.0. The molecule has 7 atom stereocenters. The highest BCUT2D eigenvalue weighted by atomic mass is 16.5. The minimum absolute atomic E-state index is 0.0222. The van der Waals surface area contributed by atoms with Gasteiger partial charge in [-0.05, 0) is 86.8 Å². The summed E-state index contributed by atoms with van der Waals surface area (Å²) >= 11 is 0. The Kier molecular flexibility index (Phi) is 4.33. The van der Waals surface area contributed by atoms with Crippen molar-refractivity contribution in [3.05, 3.63) is 22.3 Å². The van der Waals surface area contributed by atoms with Gasteiger partial charge in [-0.1, -0.05) is 20.8 Å². The SMILES string of the molecule is CO[C@@H]1[C@@H]2Oc3c(O)c4c(c5c3[C@@]23CCN(CC2CC2)[C@H](C5)[C@H]3C[C@@H]1[C@](C)(O)C(C)(C)C)CC4.